The average Bonchev–Trinajstić information content (AvgIpc) is 2.55. The Morgan fingerprint density at radius 2 is 2.40 bits per heavy atom. The molecule has 1 aliphatic rings. The topological polar surface area (TPSA) is 56.1 Å². The van der Waals surface area contributed by atoms with Crippen molar-refractivity contribution in [2.75, 3.05) is 19.0 Å². The van der Waals surface area contributed by atoms with Crippen LogP contribution in [-0.2, 0) is 4.74 Å². The number of hydrogen-bond acceptors (Lipinski definition) is 4. The zero-order valence-corrected chi connectivity index (χ0v) is 9.20. The summed E-state index contributed by atoms with van der Waals surface area (Å²) in [6.07, 6.45) is 1.02. The fourth-order valence-electron chi connectivity index (χ4n) is 1.90. The molecular formula is C10H15N3O2. The zero-order valence-electron chi connectivity index (χ0n) is 9.20. The molecule has 0 aliphatic carbocycles. The zero-order chi connectivity index (χ0) is 11.0. The van der Waals surface area contributed by atoms with Gasteiger partial charge in [-0.25, -0.2) is 9.48 Å². The van der Waals surface area contributed by atoms with E-state index in [0.29, 0.717) is 11.6 Å². The predicted molar refractivity (Wildman–Crippen MR) is 56.1 cm³/mol. The van der Waals surface area contributed by atoms with Crippen molar-refractivity contribution in [3.63, 3.8) is 0 Å². The van der Waals surface area contributed by atoms with Gasteiger partial charge in [-0.2, -0.15) is 5.10 Å². The van der Waals surface area contributed by atoms with Crippen LogP contribution in [0.5, 0.6) is 0 Å². The van der Waals surface area contributed by atoms with E-state index in [2.05, 4.69) is 17.3 Å². The minimum atomic E-state index is -0.324. The number of hydrogen-bond donors (Lipinski definition) is 1. The third-order valence-electron chi connectivity index (χ3n) is 2.75. The quantitative estimate of drug-likeness (QED) is 0.709. The molecular weight excluding hydrogens is 194 g/mol. The first-order valence-corrected chi connectivity index (χ1v) is 5.06. The van der Waals surface area contributed by atoms with Crippen LogP contribution in [0.4, 0.5) is 5.82 Å². The summed E-state index contributed by atoms with van der Waals surface area (Å²) in [7, 11) is 1.39. The molecule has 0 bridgehead atoms. The second-order valence-corrected chi connectivity index (χ2v) is 3.81. The number of carbonyl (C=O) groups is 1. The second-order valence-electron chi connectivity index (χ2n) is 3.81. The van der Waals surface area contributed by atoms with Gasteiger partial charge in [0.2, 0.25) is 0 Å². The van der Waals surface area contributed by atoms with E-state index in [0.717, 1.165) is 24.5 Å². The second kappa shape index (κ2) is 3.56. The molecule has 0 fully saturated rings. The Kier molecular flexibility index (Phi) is 2.38. The number of aryl methyl sites for hydroxylation is 1. The van der Waals surface area contributed by atoms with E-state index >= 15 is 0 Å². The van der Waals surface area contributed by atoms with E-state index in [9.17, 15) is 4.79 Å². The molecule has 5 nitrogen and oxygen atoms in total. The van der Waals surface area contributed by atoms with Crippen LogP contribution >= 0.6 is 0 Å². The van der Waals surface area contributed by atoms with Crippen LogP contribution in [-0.4, -0.2) is 29.4 Å². The van der Waals surface area contributed by atoms with E-state index in [1.54, 1.807) is 0 Å². The number of nitrogens with zero attached hydrogens (tertiary/aromatic N) is 2. The molecule has 2 rings (SSSR count). The number of esters is 1. The molecule has 82 valence electrons. The molecule has 0 radical (unpaired) electrons. The molecule has 0 spiro atoms. The standard InChI is InChI=1S/C10H15N3O2/c1-6-4-5-11-9-8(10(14)15-3)7(2)12-13(6)9/h6,11H,4-5H2,1-3H3. The number of ether oxygens (including phenoxy) is 1. The minimum Gasteiger partial charge on any atom is -0.465 e. The van der Waals surface area contributed by atoms with Crippen molar-refractivity contribution in [3.8, 4) is 0 Å². The lowest BCUT2D eigenvalue weighted by atomic mass is 10.1. The van der Waals surface area contributed by atoms with E-state index in [1.807, 2.05) is 11.6 Å². The van der Waals surface area contributed by atoms with Crippen molar-refractivity contribution in [2.45, 2.75) is 26.3 Å². The molecule has 1 aliphatic heterocycles. The molecule has 1 unspecified atom stereocenters. The Hall–Kier alpha value is -1.52. The first-order valence-electron chi connectivity index (χ1n) is 5.06. The van der Waals surface area contributed by atoms with Crippen molar-refractivity contribution in [2.24, 2.45) is 0 Å². The van der Waals surface area contributed by atoms with Gasteiger partial charge < -0.3 is 10.1 Å². The largest absolute Gasteiger partial charge is 0.465 e. The molecule has 1 N–H and O–H groups in total. The summed E-state index contributed by atoms with van der Waals surface area (Å²) in [5, 5.41) is 7.55. The van der Waals surface area contributed by atoms with Gasteiger partial charge in [0.25, 0.3) is 0 Å². The number of methoxy groups -OCH3 is 1. The fraction of sp³-hybridized carbons (Fsp3) is 0.600. The summed E-state index contributed by atoms with van der Waals surface area (Å²) in [5.41, 5.74) is 1.28. The van der Waals surface area contributed by atoms with Gasteiger partial charge in [-0.1, -0.05) is 0 Å². The van der Waals surface area contributed by atoms with Gasteiger partial charge in [-0.3, -0.25) is 0 Å². The highest BCUT2D eigenvalue weighted by Crippen LogP contribution is 2.28. The lowest BCUT2D eigenvalue weighted by Gasteiger charge is -2.22. The SMILES string of the molecule is COC(=O)c1c(C)nn2c1NCCC2C. The molecule has 0 amide bonds. The number of rotatable bonds is 1. The molecule has 1 aromatic rings. The molecule has 1 atom stereocenters. The maximum atomic E-state index is 11.6. The van der Waals surface area contributed by atoms with E-state index < -0.39 is 0 Å². The molecule has 5 heteroatoms. The molecule has 0 saturated carbocycles. The summed E-state index contributed by atoms with van der Waals surface area (Å²) in [6, 6.07) is 0.332. The lowest BCUT2D eigenvalue weighted by molar-refractivity contribution is 0.0601. The van der Waals surface area contributed by atoms with Crippen LogP contribution in [0.25, 0.3) is 0 Å². The van der Waals surface area contributed by atoms with Gasteiger partial charge in [-0.15, -0.1) is 0 Å². The lowest BCUT2D eigenvalue weighted by Crippen LogP contribution is -2.22. The molecule has 2 heterocycles. The van der Waals surface area contributed by atoms with E-state index in [-0.39, 0.29) is 5.97 Å². The summed E-state index contributed by atoms with van der Waals surface area (Å²) in [6.45, 7) is 4.79. The van der Waals surface area contributed by atoms with Crippen molar-refractivity contribution >= 4 is 11.8 Å². The first-order chi connectivity index (χ1) is 7.15. The monoisotopic (exact) mass is 209 g/mol. The average molecular weight is 209 g/mol. The Morgan fingerprint density at radius 1 is 1.67 bits per heavy atom. The van der Waals surface area contributed by atoms with Gasteiger partial charge >= 0.3 is 5.97 Å². The van der Waals surface area contributed by atoms with Crippen molar-refractivity contribution in [1.29, 1.82) is 0 Å². The van der Waals surface area contributed by atoms with Crippen molar-refractivity contribution in [3.05, 3.63) is 11.3 Å². The Morgan fingerprint density at radius 3 is 3.07 bits per heavy atom. The highest BCUT2D eigenvalue weighted by molar-refractivity contribution is 5.96. The number of fused-ring (bicyclic) bond motifs is 1. The fourth-order valence-corrected chi connectivity index (χ4v) is 1.90. The van der Waals surface area contributed by atoms with Crippen LogP contribution in [0, 0.1) is 6.92 Å². The van der Waals surface area contributed by atoms with E-state index in [4.69, 9.17) is 4.74 Å². The third kappa shape index (κ3) is 1.48. The van der Waals surface area contributed by atoms with Crippen LogP contribution in [0.2, 0.25) is 0 Å². The number of carbonyl (C=O) groups excluding carboxylic acids is 1. The predicted octanol–water partition coefficient (Wildman–Crippen LogP) is 1.35. The van der Waals surface area contributed by atoms with Crippen LogP contribution in [0.15, 0.2) is 0 Å². The Labute approximate surface area is 88.4 Å². The molecule has 0 saturated heterocycles. The van der Waals surface area contributed by atoms with Crippen LogP contribution < -0.4 is 5.32 Å². The summed E-state index contributed by atoms with van der Waals surface area (Å²) >= 11 is 0. The summed E-state index contributed by atoms with van der Waals surface area (Å²) in [5.74, 6) is 0.466. The van der Waals surface area contributed by atoms with Crippen LogP contribution in [0.1, 0.15) is 35.4 Å². The van der Waals surface area contributed by atoms with Gasteiger partial charge in [0.1, 0.15) is 11.4 Å². The highest BCUT2D eigenvalue weighted by atomic mass is 16.5. The molecule has 1 aromatic heterocycles. The van der Waals surface area contributed by atoms with Gasteiger partial charge in [-0.05, 0) is 20.3 Å². The maximum absolute atomic E-state index is 11.6. The summed E-state index contributed by atoms with van der Waals surface area (Å²) in [4.78, 5) is 11.6. The Balaban J connectivity index is 2.51. The number of anilines is 1. The van der Waals surface area contributed by atoms with Crippen molar-refractivity contribution < 1.29 is 9.53 Å². The van der Waals surface area contributed by atoms with Crippen LogP contribution in [0.3, 0.4) is 0 Å². The summed E-state index contributed by atoms with van der Waals surface area (Å²) < 4.78 is 6.61. The molecule has 0 aromatic carbocycles. The minimum absolute atomic E-state index is 0.324. The first kappa shape index (κ1) is 10.0. The van der Waals surface area contributed by atoms with E-state index in [1.165, 1.54) is 7.11 Å². The van der Waals surface area contributed by atoms with Gasteiger partial charge in [0, 0.05) is 6.54 Å². The Bertz CT molecular complexity index is 398. The van der Waals surface area contributed by atoms with Crippen molar-refractivity contribution in [1.82, 2.24) is 9.78 Å². The smallest absolute Gasteiger partial charge is 0.343 e. The van der Waals surface area contributed by atoms with Gasteiger partial charge in [0.15, 0.2) is 0 Å². The number of nitrogens with one attached hydrogen (secondary N) is 1. The normalized spacial score (nSPS) is 19.3. The highest BCUT2D eigenvalue weighted by Gasteiger charge is 2.26. The maximum Gasteiger partial charge on any atom is 0.343 e. The number of aromatic nitrogens is 2. The van der Waals surface area contributed by atoms with Gasteiger partial charge in [0.05, 0.1) is 18.8 Å². The third-order valence-corrected chi connectivity index (χ3v) is 2.75. The molecule has 15 heavy (non-hydrogen) atoms.